The molecule has 0 radical (unpaired) electrons. The zero-order valence-electron chi connectivity index (χ0n) is 10.7. The third-order valence-electron chi connectivity index (χ3n) is 4.23. The highest BCUT2D eigenvalue weighted by Crippen LogP contribution is 2.33. The Morgan fingerprint density at radius 2 is 2.06 bits per heavy atom. The quantitative estimate of drug-likeness (QED) is 0.697. The number of rotatable bonds is 3. The second-order valence-corrected chi connectivity index (χ2v) is 5.76. The molecule has 0 aromatic heterocycles. The number of hydrogen-bond acceptors (Lipinski definition) is 3. The van der Waals surface area contributed by atoms with Gasteiger partial charge in [-0.25, -0.2) is 0 Å². The van der Waals surface area contributed by atoms with E-state index >= 15 is 0 Å². The molecule has 3 N–H and O–H groups in total. The van der Waals surface area contributed by atoms with Gasteiger partial charge >= 0.3 is 5.97 Å². The summed E-state index contributed by atoms with van der Waals surface area (Å²) in [6.45, 7) is 4.17. The molecule has 2 aliphatic rings. The van der Waals surface area contributed by atoms with E-state index < -0.39 is 11.5 Å². The van der Waals surface area contributed by atoms with Crippen molar-refractivity contribution in [1.82, 2.24) is 10.6 Å². The highest BCUT2D eigenvalue weighted by molar-refractivity contribution is 5.79. The molecule has 4 heteroatoms. The monoisotopic (exact) mass is 240 g/mol. The molecule has 2 unspecified atom stereocenters. The largest absolute Gasteiger partial charge is 0.480 e. The molecule has 0 aromatic carbocycles. The lowest BCUT2D eigenvalue weighted by molar-refractivity contribution is -0.147. The van der Waals surface area contributed by atoms with Gasteiger partial charge in [0.15, 0.2) is 0 Å². The van der Waals surface area contributed by atoms with Crippen LogP contribution < -0.4 is 10.6 Å². The lowest BCUT2D eigenvalue weighted by atomic mass is 9.75. The maximum Gasteiger partial charge on any atom is 0.323 e. The Labute approximate surface area is 103 Å². The highest BCUT2D eigenvalue weighted by Gasteiger charge is 2.43. The van der Waals surface area contributed by atoms with Gasteiger partial charge in [0.05, 0.1) is 0 Å². The number of nitrogens with one attached hydrogen (secondary N) is 2. The van der Waals surface area contributed by atoms with E-state index in [1.165, 1.54) is 6.42 Å². The highest BCUT2D eigenvalue weighted by atomic mass is 16.4. The molecule has 98 valence electrons. The Bertz CT molecular complexity index is 277. The van der Waals surface area contributed by atoms with Crippen molar-refractivity contribution in [1.29, 1.82) is 0 Å². The summed E-state index contributed by atoms with van der Waals surface area (Å²) in [5.74, 6) is -0.128. The Hall–Kier alpha value is -0.610. The van der Waals surface area contributed by atoms with Crippen LogP contribution in [0, 0.1) is 5.92 Å². The molecular weight excluding hydrogens is 216 g/mol. The minimum atomic E-state index is -0.653. The molecule has 0 aromatic rings. The number of aliphatic carboxylic acids is 1. The smallest absolute Gasteiger partial charge is 0.323 e. The topological polar surface area (TPSA) is 61.4 Å². The van der Waals surface area contributed by atoms with Gasteiger partial charge in [-0.1, -0.05) is 19.8 Å². The maximum absolute atomic E-state index is 11.6. The van der Waals surface area contributed by atoms with E-state index in [-0.39, 0.29) is 0 Å². The first-order valence-electron chi connectivity index (χ1n) is 6.84. The summed E-state index contributed by atoms with van der Waals surface area (Å²) in [4.78, 5) is 11.6. The fourth-order valence-corrected chi connectivity index (χ4v) is 3.30. The first-order valence-corrected chi connectivity index (χ1v) is 6.84. The summed E-state index contributed by atoms with van der Waals surface area (Å²) in [5, 5.41) is 16.3. The molecule has 2 rings (SSSR count). The van der Waals surface area contributed by atoms with Crippen LogP contribution in [0.1, 0.15) is 45.4 Å². The van der Waals surface area contributed by atoms with Crippen LogP contribution in [0.3, 0.4) is 0 Å². The predicted molar refractivity (Wildman–Crippen MR) is 67.0 cm³/mol. The summed E-state index contributed by atoms with van der Waals surface area (Å²) in [6.07, 6.45) is 5.87. The average Bonchev–Trinajstić information content (AvgIpc) is 2.30. The van der Waals surface area contributed by atoms with Crippen LogP contribution in [0.25, 0.3) is 0 Å². The van der Waals surface area contributed by atoms with Crippen molar-refractivity contribution in [2.75, 3.05) is 13.1 Å². The zero-order valence-corrected chi connectivity index (χ0v) is 10.7. The van der Waals surface area contributed by atoms with Crippen LogP contribution >= 0.6 is 0 Å². The molecule has 2 fully saturated rings. The van der Waals surface area contributed by atoms with Crippen LogP contribution in [0.4, 0.5) is 0 Å². The maximum atomic E-state index is 11.6. The SMILES string of the molecule is CC1CCCC(NC2CCNCC2)(C(=O)O)C1. The van der Waals surface area contributed by atoms with E-state index in [2.05, 4.69) is 17.6 Å². The summed E-state index contributed by atoms with van der Waals surface area (Å²) in [5.41, 5.74) is -0.653. The van der Waals surface area contributed by atoms with Crippen molar-refractivity contribution < 1.29 is 9.90 Å². The molecule has 2 atom stereocenters. The number of hydrogen-bond donors (Lipinski definition) is 3. The van der Waals surface area contributed by atoms with E-state index in [1.807, 2.05) is 0 Å². The summed E-state index contributed by atoms with van der Waals surface area (Å²) >= 11 is 0. The van der Waals surface area contributed by atoms with Crippen LogP contribution in [-0.4, -0.2) is 35.7 Å². The molecule has 1 aliphatic heterocycles. The molecule has 1 saturated heterocycles. The number of carbonyl (C=O) groups is 1. The van der Waals surface area contributed by atoms with Crippen molar-refractivity contribution in [3.05, 3.63) is 0 Å². The van der Waals surface area contributed by atoms with Crippen LogP contribution in [0.5, 0.6) is 0 Å². The third-order valence-corrected chi connectivity index (χ3v) is 4.23. The van der Waals surface area contributed by atoms with Gasteiger partial charge in [0.1, 0.15) is 5.54 Å². The minimum absolute atomic E-state index is 0.373. The first-order chi connectivity index (χ1) is 8.12. The van der Waals surface area contributed by atoms with Crippen molar-refractivity contribution in [2.45, 2.75) is 57.0 Å². The molecule has 1 aliphatic carbocycles. The van der Waals surface area contributed by atoms with Gasteiger partial charge in [0, 0.05) is 6.04 Å². The van der Waals surface area contributed by atoms with Crippen LogP contribution in [0.2, 0.25) is 0 Å². The fraction of sp³-hybridized carbons (Fsp3) is 0.923. The molecular formula is C13H24N2O2. The van der Waals surface area contributed by atoms with Crippen molar-refractivity contribution >= 4 is 5.97 Å². The first kappa shape index (κ1) is 12.8. The van der Waals surface area contributed by atoms with Crippen molar-refractivity contribution in [3.63, 3.8) is 0 Å². The van der Waals surface area contributed by atoms with E-state index in [1.54, 1.807) is 0 Å². The Morgan fingerprint density at radius 3 is 2.65 bits per heavy atom. The second-order valence-electron chi connectivity index (χ2n) is 5.76. The van der Waals surface area contributed by atoms with Gasteiger partial charge in [-0.05, 0) is 44.7 Å². The molecule has 1 saturated carbocycles. The molecule has 17 heavy (non-hydrogen) atoms. The Morgan fingerprint density at radius 1 is 1.35 bits per heavy atom. The van der Waals surface area contributed by atoms with Gasteiger partial charge in [-0.3, -0.25) is 10.1 Å². The Kier molecular flexibility index (Phi) is 4.05. The fourth-order valence-electron chi connectivity index (χ4n) is 3.30. The molecule has 0 bridgehead atoms. The Balaban J connectivity index is 2.02. The third kappa shape index (κ3) is 2.99. The van der Waals surface area contributed by atoms with Gasteiger partial charge in [-0.15, -0.1) is 0 Å². The normalized spacial score (nSPS) is 35.7. The minimum Gasteiger partial charge on any atom is -0.480 e. The summed E-state index contributed by atoms with van der Waals surface area (Å²) < 4.78 is 0. The van der Waals surface area contributed by atoms with E-state index in [0.29, 0.717) is 12.0 Å². The zero-order chi connectivity index (χ0) is 12.3. The predicted octanol–water partition coefficient (Wildman–Crippen LogP) is 1.36. The van der Waals surface area contributed by atoms with Crippen molar-refractivity contribution in [3.8, 4) is 0 Å². The lowest BCUT2D eigenvalue weighted by Crippen LogP contribution is -2.59. The molecule has 1 heterocycles. The standard InChI is InChI=1S/C13H24N2O2/c1-10-3-2-6-13(9-10,12(16)17)15-11-4-7-14-8-5-11/h10-11,14-15H,2-9H2,1H3,(H,16,17). The number of carboxylic acid groups (broad SMARTS) is 1. The van der Waals surface area contributed by atoms with Gasteiger partial charge in [0.2, 0.25) is 0 Å². The summed E-state index contributed by atoms with van der Waals surface area (Å²) in [7, 11) is 0. The van der Waals surface area contributed by atoms with Gasteiger partial charge in [-0.2, -0.15) is 0 Å². The van der Waals surface area contributed by atoms with E-state index in [4.69, 9.17) is 0 Å². The van der Waals surface area contributed by atoms with E-state index in [9.17, 15) is 9.90 Å². The molecule has 4 nitrogen and oxygen atoms in total. The van der Waals surface area contributed by atoms with Gasteiger partial charge < -0.3 is 10.4 Å². The van der Waals surface area contributed by atoms with E-state index in [0.717, 1.165) is 45.2 Å². The van der Waals surface area contributed by atoms with Gasteiger partial charge in [0.25, 0.3) is 0 Å². The average molecular weight is 240 g/mol. The number of carboxylic acids is 1. The van der Waals surface area contributed by atoms with Crippen LogP contribution in [0.15, 0.2) is 0 Å². The second kappa shape index (κ2) is 5.36. The summed E-state index contributed by atoms with van der Waals surface area (Å²) in [6, 6.07) is 0.373. The lowest BCUT2D eigenvalue weighted by Gasteiger charge is -2.41. The van der Waals surface area contributed by atoms with Crippen molar-refractivity contribution in [2.24, 2.45) is 5.92 Å². The number of piperidine rings is 1. The molecule has 0 spiro atoms. The molecule has 0 amide bonds. The van der Waals surface area contributed by atoms with Crippen LogP contribution in [-0.2, 0) is 4.79 Å².